The van der Waals surface area contributed by atoms with E-state index in [1.807, 2.05) is 36.4 Å². The lowest BCUT2D eigenvalue weighted by molar-refractivity contribution is 0.0780. The Bertz CT molecular complexity index is 545. The second kappa shape index (κ2) is 4.62. The average Bonchev–Trinajstić information content (AvgIpc) is 2.39. The van der Waals surface area contributed by atoms with E-state index < -0.39 is 0 Å². The molecule has 1 heterocycles. The first kappa shape index (κ1) is 11.5. The molecule has 1 aromatic rings. The molecular formula is C15H13ClO2. The summed E-state index contributed by atoms with van der Waals surface area (Å²) in [5.74, 6) is 0.910. The number of para-hydroxylation sites is 1. The van der Waals surface area contributed by atoms with Gasteiger partial charge in [0.05, 0.1) is 5.56 Å². The first-order chi connectivity index (χ1) is 8.75. The normalized spacial score (nSPS) is 26.3. The van der Waals surface area contributed by atoms with E-state index in [4.69, 9.17) is 16.3 Å². The minimum absolute atomic E-state index is 0.0916. The summed E-state index contributed by atoms with van der Waals surface area (Å²) in [6.45, 7) is 0. The molecule has 0 saturated carbocycles. The van der Waals surface area contributed by atoms with Crippen LogP contribution in [0.4, 0.5) is 0 Å². The van der Waals surface area contributed by atoms with Crippen LogP contribution >= 0.6 is 11.6 Å². The molecule has 2 aliphatic rings. The first-order valence-electron chi connectivity index (χ1n) is 6.07. The molecule has 1 aliphatic carbocycles. The van der Waals surface area contributed by atoms with Gasteiger partial charge in [-0.25, -0.2) is 0 Å². The number of hydrogen-bond acceptors (Lipinski definition) is 2. The van der Waals surface area contributed by atoms with E-state index in [1.54, 1.807) is 0 Å². The highest BCUT2D eigenvalue weighted by atomic mass is 35.5. The molecule has 0 aromatic heterocycles. The number of fused-ring (bicyclic) bond motifs is 1. The van der Waals surface area contributed by atoms with Crippen LogP contribution < -0.4 is 4.74 Å². The lowest BCUT2D eigenvalue weighted by atomic mass is 9.88. The van der Waals surface area contributed by atoms with Crippen molar-refractivity contribution in [3.8, 4) is 5.75 Å². The molecule has 1 unspecified atom stereocenters. The van der Waals surface area contributed by atoms with E-state index in [0.717, 1.165) is 11.5 Å². The third-order valence-electron chi connectivity index (χ3n) is 3.44. The van der Waals surface area contributed by atoms with Gasteiger partial charge in [0.25, 0.3) is 0 Å². The highest BCUT2D eigenvalue weighted by Gasteiger charge is 2.33. The maximum Gasteiger partial charge on any atom is 0.170 e. The molecule has 92 valence electrons. The van der Waals surface area contributed by atoms with Crippen molar-refractivity contribution >= 4 is 17.4 Å². The molecule has 0 saturated heterocycles. The highest BCUT2D eigenvalue weighted by Crippen LogP contribution is 2.36. The zero-order valence-corrected chi connectivity index (χ0v) is 10.6. The van der Waals surface area contributed by atoms with Crippen LogP contribution in [-0.4, -0.2) is 11.9 Å². The number of ether oxygens (including phenoxy) is 1. The molecule has 3 rings (SSSR count). The Hall–Kier alpha value is -1.54. The monoisotopic (exact) mass is 260 g/mol. The second-order valence-corrected chi connectivity index (χ2v) is 5.04. The molecule has 3 heteroatoms. The summed E-state index contributed by atoms with van der Waals surface area (Å²) in [5.41, 5.74) is 0.681. The molecule has 1 aliphatic heterocycles. The number of ketones is 1. The zero-order chi connectivity index (χ0) is 12.5. The van der Waals surface area contributed by atoms with Gasteiger partial charge in [-0.2, -0.15) is 0 Å². The van der Waals surface area contributed by atoms with Crippen LogP contribution in [0.2, 0.25) is 0 Å². The van der Waals surface area contributed by atoms with Crippen molar-refractivity contribution in [2.75, 3.05) is 0 Å². The van der Waals surface area contributed by atoms with Crippen LogP contribution in [0.3, 0.4) is 0 Å². The number of rotatable bonds is 1. The van der Waals surface area contributed by atoms with Crippen LogP contribution in [0.5, 0.6) is 5.75 Å². The van der Waals surface area contributed by atoms with Gasteiger partial charge in [0.15, 0.2) is 5.78 Å². The van der Waals surface area contributed by atoms with E-state index in [1.165, 1.54) is 0 Å². The minimum atomic E-state index is -0.152. The number of Topliss-reactive ketones (excluding diaryl/α,β-unsaturated/α-hetero) is 1. The van der Waals surface area contributed by atoms with Crippen molar-refractivity contribution < 1.29 is 9.53 Å². The largest absolute Gasteiger partial charge is 0.489 e. The third kappa shape index (κ3) is 1.97. The third-order valence-corrected chi connectivity index (χ3v) is 3.84. The molecular weight excluding hydrogens is 248 g/mol. The maximum absolute atomic E-state index is 12.1. The Morgan fingerprint density at radius 2 is 2.11 bits per heavy atom. The van der Waals surface area contributed by atoms with Gasteiger partial charge in [-0.05, 0) is 24.6 Å². The molecule has 0 spiro atoms. The lowest BCUT2D eigenvalue weighted by Gasteiger charge is -2.31. The van der Waals surface area contributed by atoms with E-state index in [2.05, 4.69) is 6.08 Å². The van der Waals surface area contributed by atoms with Gasteiger partial charge in [-0.15, -0.1) is 0 Å². The molecule has 0 N–H and O–H groups in total. The van der Waals surface area contributed by atoms with Crippen molar-refractivity contribution in [3.63, 3.8) is 0 Å². The van der Waals surface area contributed by atoms with E-state index in [-0.39, 0.29) is 17.8 Å². The summed E-state index contributed by atoms with van der Waals surface area (Å²) in [4.78, 5) is 12.1. The Labute approximate surface area is 111 Å². The van der Waals surface area contributed by atoms with Gasteiger partial charge < -0.3 is 4.74 Å². The molecule has 0 amide bonds. The maximum atomic E-state index is 12.1. The van der Waals surface area contributed by atoms with Crippen LogP contribution in [-0.2, 0) is 0 Å². The predicted octanol–water partition coefficient (Wildman–Crippen LogP) is 3.72. The summed E-state index contributed by atoms with van der Waals surface area (Å²) in [5, 5.41) is 0.773. The molecule has 0 radical (unpaired) electrons. The summed E-state index contributed by atoms with van der Waals surface area (Å²) >= 11 is 6.21. The fourth-order valence-electron chi connectivity index (χ4n) is 2.47. The van der Waals surface area contributed by atoms with Gasteiger partial charge in [0, 0.05) is 17.4 Å². The second-order valence-electron chi connectivity index (χ2n) is 4.60. The number of carbonyl (C=O) groups is 1. The topological polar surface area (TPSA) is 26.3 Å². The summed E-state index contributed by atoms with van der Waals surface area (Å²) in [7, 11) is 0. The molecule has 0 bridgehead atoms. The number of allylic oxidation sites excluding steroid dienone is 3. The zero-order valence-electron chi connectivity index (χ0n) is 9.80. The quantitative estimate of drug-likeness (QED) is 0.769. The minimum Gasteiger partial charge on any atom is -0.489 e. The van der Waals surface area contributed by atoms with Gasteiger partial charge in [0.2, 0.25) is 0 Å². The predicted molar refractivity (Wildman–Crippen MR) is 71.0 cm³/mol. The first-order valence-corrected chi connectivity index (χ1v) is 6.44. The number of hydrogen-bond donors (Lipinski definition) is 0. The van der Waals surface area contributed by atoms with Gasteiger partial charge in [0.1, 0.15) is 11.9 Å². The SMILES string of the molecule is O=C1C[C@H](C2CC=CC=C2Cl)Oc2ccccc21. The molecule has 2 nitrogen and oxygen atoms in total. The van der Waals surface area contributed by atoms with Gasteiger partial charge >= 0.3 is 0 Å². The number of benzene rings is 1. The van der Waals surface area contributed by atoms with Crippen LogP contribution in [0.25, 0.3) is 0 Å². The van der Waals surface area contributed by atoms with Crippen LogP contribution in [0, 0.1) is 5.92 Å². The molecule has 2 atom stereocenters. The van der Waals surface area contributed by atoms with Gasteiger partial charge in [-0.1, -0.05) is 35.9 Å². The molecule has 18 heavy (non-hydrogen) atoms. The highest BCUT2D eigenvalue weighted by molar-refractivity contribution is 6.30. The fraction of sp³-hybridized carbons (Fsp3) is 0.267. The summed E-state index contributed by atoms with van der Waals surface area (Å²) < 4.78 is 5.93. The molecule has 1 aromatic carbocycles. The van der Waals surface area contributed by atoms with Crippen molar-refractivity contribution in [3.05, 3.63) is 53.1 Å². The smallest absolute Gasteiger partial charge is 0.170 e. The number of halogens is 1. The Balaban J connectivity index is 1.88. The lowest BCUT2D eigenvalue weighted by Crippen LogP contribution is -2.34. The fourth-order valence-corrected chi connectivity index (χ4v) is 2.77. The van der Waals surface area contributed by atoms with Crippen molar-refractivity contribution in [2.24, 2.45) is 5.92 Å². The van der Waals surface area contributed by atoms with Crippen molar-refractivity contribution in [2.45, 2.75) is 18.9 Å². The Morgan fingerprint density at radius 1 is 1.28 bits per heavy atom. The Kier molecular flexibility index (Phi) is 2.96. The summed E-state index contributed by atoms with van der Waals surface area (Å²) in [6, 6.07) is 7.39. The summed E-state index contributed by atoms with van der Waals surface area (Å²) in [6.07, 6.45) is 6.96. The van der Waals surface area contributed by atoms with Crippen LogP contribution in [0.1, 0.15) is 23.2 Å². The van der Waals surface area contributed by atoms with E-state index in [9.17, 15) is 4.79 Å². The van der Waals surface area contributed by atoms with Crippen molar-refractivity contribution in [1.82, 2.24) is 0 Å². The Morgan fingerprint density at radius 3 is 2.94 bits per heavy atom. The van der Waals surface area contributed by atoms with Crippen LogP contribution in [0.15, 0.2) is 47.5 Å². The average molecular weight is 261 g/mol. The number of carbonyl (C=O) groups excluding carboxylic acids is 1. The molecule has 0 fully saturated rings. The van der Waals surface area contributed by atoms with Crippen molar-refractivity contribution in [1.29, 1.82) is 0 Å². The standard InChI is InChI=1S/C15H13ClO2/c16-12-7-3-1-5-10(12)15-9-13(17)11-6-2-4-8-14(11)18-15/h1-4,6-8,10,15H,5,9H2/t10?,15-/m1/s1. The van der Waals surface area contributed by atoms with E-state index in [0.29, 0.717) is 17.7 Å². The van der Waals surface area contributed by atoms with Gasteiger partial charge in [-0.3, -0.25) is 4.79 Å². The van der Waals surface area contributed by atoms with E-state index >= 15 is 0 Å².